The number of nitrogens with zero attached hydrogens (tertiary/aromatic N) is 3. The standard InChI is InChI=1S/C26H25N5O3S/c1-18-10-9-11-19(2)24(18)34-16-22-27-30-26(31(22)21-14-7-4-8-15-21)35-17-23(32)28-29-25(33)20-12-5-3-6-13-20/h3-15H,16-17H2,1-2H3,(H,28,32)(H,29,33). The van der Waals surface area contributed by atoms with Crippen LogP contribution < -0.4 is 15.6 Å². The van der Waals surface area contributed by atoms with Gasteiger partial charge in [-0.25, -0.2) is 0 Å². The van der Waals surface area contributed by atoms with Crippen LogP contribution in [0.1, 0.15) is 27.3 Å². The van der Waals surface area contributed by atoms with Crippen molar-refractivity contribution in [2.45, 2.75) is 25.6 Å². The van der Waals surface area contributed by atoms with Gasteiger partial charge in [-0.05, 0) is 49.2 Å². The Labute approximate surface area is 207 Å². The molecule has 0 saturated carbocycles. The Bertz CT molecular complexity index is 1290. The minimum Gasteiger partial charge on any atom is -0.485 e. The number of rotatable bonds is 8. The van der Waals surface area contributed by atoms with Crippen LogP contribution in [0.3, 0.4) is 0 Å². The summed E-state index contributed by atoms with van der Waals surface area (Å²) in [4.78, 5) is 24.5. The van der Waals surface area contributed by atoms with Crippen LogP contribution >= 0.6 is 11.8 Å². The summed E-state index contributed by atoms with van der Waals surface area (Å²) in [6.07, 6.45) is 0. The first-order chi connectivity index (χ1) is 17.0. The van der Waals surface area contributed by atoms with Gasteiger partial charge in [0.1, 0.15) is 12.4 Å². The molecule has 35 heavy (non-hydrogen) atoms. The second kappa shape index (κ2) is 11.3. The molecule has 2 amide bonds. The third-order valence-electron chi connectivity index (χ3n) is 5.15. The van der Waals surface area contributed by atoms with Crippen molar-refractivity contribution in [3.63, 3.8) is 0 Å². The first kappa shape index (κ1) is 24.0. The quantitative estimate of drug-likeness (QED) is 0.288. The zero-order chi connectivity index (χ0) is 24.6. The van der Waals surface area contributed by atoms with Gasteiger partial charge in [0.25, 0.3) is 5.91 Å². The van der Waals surface area contributed by atoms with Crippen LogP contribution in [0, 0.1) is 13.8 Å². The summed E-state index contributed by atoms with van der Waals surface area (Å²) in [7, 11) is 0. The third kappa shape index (κ3) is 6.07. The number of carbonyl (C=O) groups excluding carboxylic acids is 2. The number of carbonyl (C=O) groups is 2. The minimum absolute atomic E-state index is 0.0395. The van der Waals surface area contributed by atoms with E-state index in [1.807, 2.05) is 73.0 Å². The maximum Gasteiger partial charge on any atom is 0.269 e. The van der Waals surface area contributed by atoms with E-state index in [0.29, 0.717) is 16.5 Å². The summed E-state index contributed by atoms with van der Waals surface area (Å²) in [5, 5.41) is 9.16. The summed E-state index contributed by atoms with van der Waals surface area (Å²) < 4.78 is 7.97. The van der Waals surface area contributed by atoms with E-state index >= 15 is 0 Å². The molecule has 0 bridgehead atoms. The number of hydrogen-bond acceptors (Lipinski definition) is 6. The maximum atomic E-state index is 12.4. The Hall–Kier alpha value is -4.11. The van der Waals surface area contributed by atoms with Crippen LogP contribution in [0.5, 0.6) is 5.75 Å². The van der Waals surface area contributed by atoms with Gasteiger partial charge in [-0.3, -0.25) is 25.0 Å². The molecule has 178 valence electrons. The van der Waals surface area contributed by atoms with Crippen molar-refractivity contribution >= 4 is 23.6 Å². The van der Waals surface area contributed by atoms with E-state index in [1.165, 1.54) is 11.8 Å². The Kier molecular flexibility index (Phi) is 7.79. The average Bonchev–Trinajstić information content (AvgIpc) is 3.29. The molecule has 0 unspecified atom stereocenters. The Morgan fingerprint density at radius 2 is 1.51 bits per heavy atom. The lowest BCUT2D eigenvalue weighted by molar-refractivity contribution is -0.119. The highest BCUT2D eigenvalue weighted by molar-refractivity contribution is 7.99. The lowest BCUT2D eigenvalue weighted by Crippen LogP contribution is -2.42. The number of ether oxygens (including phenoxy) is 1. The van der Waals surface area contributed by atoms with E-state index in [-0.39, 0.29) is 24.2 Å². The fourth-order valence-corrected chi connectivity index (χ4v) is 4.21. The summed E-state index contributed by atoms with van der Waals surface area (Å²) in [5.41, 5.74) is 8.25. The maximum absolute atomic E-state index is 12.4. The smallest absolute Gasteiger partial charge is 0.269 e. The lowest BCUT2D eigenvalue weighted by Gasteiger charge is -2.13. The van der Waals surface area contributed by atoms with Crippen LogP contribution in [0.25, 0.3) is 5.69 Å². The van der Waals surface area contributed by atoms with Gasteiger partial charge in [-0.15, -0.1) is 10.2 Å². The molecule has 0 saturated heterocycles. The van der Waals surface area contributed by atoms with Gasteiger partial charge in [-0.2, -0.15) is 0 Å². The first-order valence-corrected chi connectivity index (χ1v) is 12.0. The monoisotopic (exact) mass is 487 g/mol. The molecule has 2 N–H and O–H groups in total. The number of thioether (sulfide) groups is 1. The molecule has 0 radical (unpaired) electrons. The summed E-state index contributed by atoms with van der Waals surface area (Å²) in [6.45, 7) is 4.22. The van der Waals surface area contributed by atoms with Crippen molar-refractivity contribution in [3.8, 4) is 11.4 Å². The largest absolute Gasteiger partial charge is 0.485 e. The van der Waals surface area contributed by atoms with E-state index in [0.717, 1.165) is 22.6 Å². The highest BCUT2D eigenvalue weighted by atomic mass is 32.2. The van der Waals surface area contributed by atoms with E-state index in [2.05, 4.69) is 21.0 Å². The van der Waals surface area contributed by atoms with Crippen molar-refractivity contribution in [2.24, 2.45) is 0 Å². The van der Waals surface area contributed by atoms with Gasteiger partial charge in [0.15, 0.2) is 11.0 Å². The Balaban J connectivity index is 1.44. The molecule has 0 aliphatic heterocycles. The number of aromatic nitrogens is 3. The topological polar surface area (TPSA) is 98.1 Å². The number of hydrogen-bond donors (Lipinski definition) is 2. The zero-order valence-electron chi connectivity index (χ0n) is 19.4. The van der Waals surface area contributed by atoms with Gasteiger partial charge >= 0.3 is 0 Å². The molecule has 1 aromatic heterocycles. The molecule has 0 spiro atoms. The predicted octanol–water partition coefficient (Wildman–Crippen LogP) is 4.02. The Morgan fingerprint density at radius 3 is 2.20 bits per heavy atom. The van der Waals surface area contributed by atoms with E-state index in [9.17, 15) is 9.59 Å². The van der Waals surface area contributed by atoms with Gasteiger partial charge in [0.2, 0.25) is 5.91 Å². The molecule has 0 aliphatic rings. The van der Waals surface area contributed by atoms with Gasteiger partial charge in [0.05, 0.1) is 5.75 Å². The molecular weight excluding hydrogens is 462 g/mol. The van der Waals surface area contributed by atoms with Crippen molar-refractivity contribution in [1.29, 1.82) is 0 Å². The number of amides is 2. The minimum atomic E-state index is -0.387. The summed E-state index contributed by atoms with van der Waals surface area (Å²) >= 11 is 1.22. The van der Waals surface area contributed by atoms with Crippen molar-refractivity contribution in [1.82, 2.24) is 25.6 Å². The van der Waals surface area contributed by atoms with Gasteiger partial charge in [0, 0.05) is 11.3 Å². The van der Waals surface area contributed by atoms with E-state index in [4.69, 9.17) is 4.74 Å². The molecule has 4 rings (SSSR count). The van der Waals surface area contributed by atoms with E-state index < -0.39 is 0 Å². The van der Waals surface area contributed by atoms with Gasteiger partial charge < -0.3 is 4.74 Å². The highest BCUT2D eigenvalue weighted by Crippen LogP contribution is 2.26. The molecule has 9 heteroatoms. The second-order valence-corrected chi connectivity index (χ2v) is 8.68. The fraction of sp³-hybridized carbons (Fsp3) is 0.154. The summed E-state index contributed by atoms with van der Waals surface area (Å²) in [6, 6.07) is 24.3. The predicted molar refractivity (Wildman–Crippen MR) is 134 cm³/mol. The molecule has 3 aromatic carbocycles. The average molecular weight is 488 g/mol. The van der Waals surface area contributed by atoms with Crippen LogP contribution in [-0.2, 0) is 11.4 Å². The molecule has 1 heterocycles. The number of hydrazine groups is 1. The fourth-order valence-electron chi connectivity index (χ4n) is 3.44. The molecular formula is C26H25N5O3S. The third-order valence-corrected chi connectivity index (χ3v) is 6.08. The van der Waals surface area contributed by atoms with Crippen molar-refractivity contribution in [3.05, 3.63) is 101 Å². The number of nitrogens with one attached hydrogen (secondary N) is 2. The van der Waals surface area contributed by atoms with Crippen LogP contribution in [-0.4, -0.2) is 32.3 Å². The Morgan fingerprint density at radius 1 is 0.857 bits per heavy atom. The highest BCUT2D eigenvalue weighted by Gasteiger charge is 2.17. The molecule has 8 nitrogen and oxygen atoms in total. The molecule has 4 aromatic rings. The number of para-hydroxylation sites is 2. The first-order valence-electron chi connectivity index (χ1n) is 11.0. The van der Waals surface area contributed by atoms with E-state index in [1.54, 1.807) is 24.3 Å². The lowest BCUT2D eigenvalue weighted by atomic mass is 10.1. The van der Waals surface area contributed by atoms with Crippen LogP contribution in [0.15, 0.2) is 84.0 Å². The number of benzene rings is 3. The molecule has 0 fully saturated rings. The summed E-state index contributed by atoms with van der Waals surface area (Å²) in [5.74, 6) is 0.715. The molecule has 0 aliphatic carbocycles. The van der Waals surface area contributed by atoms with Crippen molar-refractivity contribution < 1.29 is 14.3 Å². The van der Waals surface area contributed by atoms with Crippen molar-refractivity contribution in [2.75, 3.05) is 5.75 Å². The SMILES string of the molecule is Cc1cccc(C)c1OCc1nnc(SCC(=O)NNC(=O)c2ccccc2)n1-c1ccccc1. The normalized spacial score (nSPS) is 10.6. The molecule has 0 atom stereocenters. The zero-order valence-corrected chi connectivity index (χ0v) is 20.2. The number of aryl methyl sites for hydroxylation is 2. The van der Waals surface area contributed by atoms with Crippen LogP contribution in [0.2, 0.25) is 0 Å². The van der Waals surface area contributed by atoms with Crippen LogP contribution in [0.4, 0.5) is 0 Å². The van der Waals surface area contributed by atoms with Gasteiger partial charge in [-0.1, -0.05) is 66.4 Å². The second-order valence-electron chi connectivity index (χ2n) is 7.74.